The van der Waals surface area contributed by atoms with Gasteiger partial charge in [0.25, 0.3) is 0 Å². The summed E-state index contributed by atoms with van der Waals surface area (Å²) in [5.41, 5.74) is 0.512. The van der Waals surface area contributed by atoms with Crippen LogP contribution in [-0.2, 0) is 9.53 Å². The van der Waals surface area contributed by atoms with Crippen molar-refractivity contribution >= 4 is 40.9 Å². The highest BCUT2D eigenvalue weighted by Gasteiger charge is 2.52. The third-order valence-corrected chi connectivity index (χ3v) is 4.90. The summed E-state index contributed by atoms with van der Waals surface area (Å²) in [6, 6.07) is 4.12. The van der Waals surface area contributed by atoms with Crippen LogP contribution in [0.25, 0.3) is 0 Å². The smallest absolute Gasteiger partial charge is 0.329 e. The second kappa shape index (κ2) is 6.57. The van der Waals surface area contributed by atoms with Gasteiger partial charge in [0.2, 0.25) is 0 Å². The second-order valence-corrected chi connectivity index (χ2v) is 6.79. The van der Waals surface area contributed by atoms with Crippen LogP contribution < -0.4 is 5.32 Å². The lowest BCUT2D eigenvalue weighted by Gasteiger charge is -2.33. The van der Waals surface area contributed by atoms with Crippen molar-refractivity contribution in [2.45, 2.75) is 38.3 Å². The van der Waals surface area contributed by atoms with Crippen molar-refractivity contribution < 1.29 is 14.3 Å². The van der Waals surface area contributed by atoms with Crippen molar-refractivity contribution in [1.29, 1.82) is 0 Å². The van der Waals surface area contributed by atoms with Crippen LogP contribution in [0.1, 0.15) is 26.2 Å². The summed E-state index contributed by atoms with van der Waals surface area (Å²) in [5, 5.41) is 3.67. The molecule has 1 aromatic rings. The molecule has 0 spiro atoms. The van der Waals surface area contributed by atoms with Crippen LogP contribution >= 0.6 is 23.2 Å². The van der Waals surface area contributed by atoms with Gasteiger partial charge in [-0.05, 0) is 50.3 Å². The molecule has 23 heavy (non-hydrogen) atoms. The number of piperidine rings is 1. The number of hydrogen-bond acceptors (Lipinski definition) is 3. The molecule has 3 rings (SSSR count). The molecule has 3 unspecified atom stereocenters. The molecule has 1 aromatic carbocycles. The minimum absolute atomic E-state index is 0.0871. The highest BCUT2D eigenvalue weighted by molar-refractivity contribution is 6.35. The quantitative estimate of drug-likeness (QED) is 0.834. The summed E-state index contributed by atoms with van der Waals surface area (Å²) in [6.45, 7) is 2.08. The van der Waals surface area contributed by atoms with Crippen LogP contribution in [0.3, 0.4) is 0 Å². The van der Waals surface area contributed by atoms with E-state index in [1.54, 1.807) is 30.0 Å². The molecule has 1 aliphatic heterocycles. The Kier molecular flexibility index (Phi) is 4.69. The molecular formula is C16H18Cl2N2O3. The zero-order valence-electron chi connectivity index (χ0n) is 12.7. The molecule has 2 bridgehead atoms. The number of anilines is 1. The number of benzene rings is 1. The van der Waals surface area contributed by atoms with Gasteiger partial charge in [-0.15, -0.1) is 0 Å². The highest BCUT2D eigenvalue weighted by Crippen LogP contribution is 2.43. The first-order chi connectivity index (χ1) is 11.0. The van der Waals surface area contributed by atoms with E-state index in [9.17, 15) is 9.59 Å². The summed E-state index contributed by atoms with van der Waals surface area (Å²) < 4.78 is 5.14. The Morgan fingerprint density at radius 1 is 1.26 bits per heavy atom. The molecule has 2 fully saturated rings. The lowest BCUT2D eigenvalue weighted by Crippen LogP contribution is -2.51. The maximum Gasteiger partial charge on any atom is 0.329 e. The summed E-state index contributed by atoms with van der Waals surface area (Å²) >= 11 is 11.9. The normalized spacial score (nSPS) is 25.5. The van der Waals surface area contributed by atoms with Gasteiger partial charge in [0, 0.05) is 21.8 Å². The average Bonchev–Trinajstić information content (AvgIpc) is 3.06. The van der Waals surface area contributed by atoms with Crippen molar-refractivity contribution in [3.05, 3.63) is 28.2 Å². The molecule has 7 heteroatoms. The number of rotatable bonds is 3. The topological polar surface area (TPSA) is 58.6 Å². The molecule has 2 amide bonds. The van der Waals surface area contributed by atoms with Crippen molar-refractivity contribution in [3.8, 4) is 0 Å². The number of urea groups is 1. The van der Waals surface area contributed by atoms with Gasteiger partial charge in [-0.1, -0.05) is 23.2 Å². The number of fused-ring (bicyclic) bond motifs is 2. The summed E-state index contributed by atoms with van der Waals surface area (Å²) in [5.74, 6) is -0.133. The minimum Gasteiger partial charge on any atom is -0.464 e. The fourth-order valence-electron chi connectivity index (χ4n) is 3.63. The van der Waals surface area contributed by atoms with Crippen LogP contribution in [0, 0.1) is 5.92 Å². The van der Waals surface area contributed by atoms with Crippen LogP contribution in [0.5, 0.6) is 0 Å². The summed E-state index contributed by atoms with van der Waals surface area (Å²) in [4.78, 5) is 26.5. The standard InChI is InChI=1S/C16H18Cl2N2O3/c1-2-23-15(21)14-9-3-4-13(5-9)20(14)16(22)19-12-7-10(17)6-11(18)8-12/h6-9,13-14H,2-5H2,1H3,(H,19,22). The van der Waals surface area contributed by atoms with Gasteiger partial charge in [-0.2, -0.15) is 0 Å². The Hall–Kier alpha value is -1.46. The molecule has 1 saturated carbocycles. The summed E-state index contributed by atoms with van der Waals surface area (Å²) in [6.07, 6.45) is 2.73. The van der Waals surface area contributed by atoms with Gasteiger partial charge < -0.3 is 15.0 Å². The van der Waals surface area contributed by atoms with E-state index < -0.39 is 6.04 Å². The van der Waals surface area contributed by atoms with Gasteiger partial charge in [0.15, 0.2) is 0 Å². The second-order valence-electron chi connectivity index (χ2n) is 5.92. The maximum atomic E-state index is 12.7. The third kappa shape index (κ3) is 3.26. The number of carbonyl (C=O) groups is 2. The first-order valence-corrected chi connectivity index (χ1v) is 8.47. The predicted molar refractivity (Wildman–Crippen MR) is 88.9 cm³/mol. The maximum absolute atomic E-state index is 12.7. The van der Waals surface area contributed by atoms with E-state index in [0.717, 1.165) is 19.3 Å². The van der Waals surface area contributed by atoms with E-state index in [-0.39, 0.29) is 24.0 Å². The molecule has 1 saturated heterocycles. The fraction of sp³-hybridized carbons (Fsp3) is 0.500. The molecule has 0 aromatic heterocycles. The third-order valence-electron chi connectivity index (χ3n) is 4.46. The van der Waals surface area contributed by atoms with Gasteiger partial charge in [-0.25, -0.2) is 9.59 Å². The lowest BCUT2D eigenvalue weighted by molar-refractivity contribution is -0.149. The van der Waals surface area contributed by atoms with Crippen LogP contribution in [0.2, 0.25) is 10.0 Å². The monoisotopic (exact) mass is 356 g/mol. The lowest BCUT2D eigenvalue weighted by atomic mass is 9.99. The average molecular weight is 357 g/mol. The van der Waals surface area contributed by atoms with Crippen molar-refractivity contribution in [1.82, 2.24) is 4.90 Å². The number of ether oxygens (including phenoxy) is 1. The van der Waals surface area contributed by atoms with Crippen molar-refractivity contribution in [2.75, 3.05) is 11.9 Å². The Labute approximate surface area is 144 Å². The molecule has 2 aliphatic rings. The number of nitrogens with one attached hydrogen (secondary N) is 1. The van der Waals surface area contributed by atoms with E-state index in [4.69, 9.17) is 27.9 Å². The molecule has 3 atom stereocenters. The molecular weight excluding hydrogens is 339 g/mol. The Balaban J connectivity index is 1.78. The van der Waals surface area contributed by atoms with E-state index in [2.05, 4.69) is 5.32 Å². The first kappa shape index (κ1) is 16.4. The molecule has 1 heterocycles. The highest BCUT2D eigenvalue weighted by atomic mass is 35.5. The molecule has 1 N–H and O–H groups in total. The van der Waals surface area contributed by atoms with E-state index in [1.165, 1.54) is 0 Å². The number of esters is 1. The number of carbonyl (C=O) groups excluding carboxylic acids is 2. The molecule has 5 nitrogen and oxygen atoms in total. The molecule has 1 aliphatic carbocycles. The number of nitrogens with zero attached hydrogens (tertiary/aromatic N) is 1. The minimum atomic E-state index is -0.497. The largest absolute Gasteiger partial charge is 0.464 e. The zero-order valence-corrected chi connectivity index (χ0v) is 14.2. The SMILES string of the molecule is CCOC(=O)C1C2CCC(C2)N1C(=O)Nc1cc(Cl)cc(Cl)c1. The first-order valence-electron chi connectivity index (χ1n) is 7.71. The van der Waals surface area contributed by atoms with E-state index in [1.807, 2.05) is 0 Å². The van der Waals surface area contributed by atoms with Crippen LogP contribution in [-0.4, -0.2) is 35.6 Å². The van der Waals surface area contributed by atoms with Gasteiger partial charge >= 0.3 is 12.0 Å². The van der Waals surface area contributed by atoms with Crippen molar-refractivity contribution in [3.63, 3.8) is 0 Å². The fourth-order valence-corrected chi connectivity index (χ4v) is 4.15. The zero-order chi connectivity index (χ0) is 16.6. The van der Waals surface area contributed by atoms with Gasteiger partial charge in [0.1, 0.15) is 6.04 Å². The van der Waals surface area contributed by atoms with E-state index >= 15 is 0 Å². The number of amides is 2. The van der Waals surface area contributed by atoms with Gasteiger partial charge in [0.05, 0.1) is 6.61 Å². The van der Waals surface area contributed by atoms with Crippen LogP contribution in [0.4, 0.5) is 10.5 Å². The number of halogens is 2. The van der Waals surface area contributed by atoms with Gasteiger partial charge in [-0.3, -0.25) is 0 Å². The van der Waals surface area contributed by atoms with E-state index in [0.29, 0.717) is 22.3 Å². The molecule has 0 radical (unpaired) electrons. The predicted octanol–water partition coefficient (Wildman–Crippen LogP) is 3.94. The number of hydrogen-bond donors (Lipinski definition) is 1. The van der Waals surface area contributed by atoms with Crippen LogP contribution in [0.15, 0.2) is 18.2 Å². The number of likely N-dealkylation sites (tertiary alicyclic amines) is 1. The Morgan fingerprint density at radius 2 is 1.96 bits per heavy atom. The summed E-state index contributed by atoms with van der Waals surface area (Å²) in [7, 11) is 0. The van der Waals surface area contributed by atoms with Crippen molar-refractivity contribution in [2.24, 2.45) is 5.92 Å². The Morgan fingerprint density at radius 3 is 2.61 bits per heavy atom. The Bertz CT molecular complexity index is 618. The molecule has 124 valence electrons.